The van der Waals surface area contributed by atoms with Gasteiger partial charge in [-0.2, -0.15) is 0 Å². The number of amides is 1. The highest BCUT2D eigenvalue weighted by molar-refractivity contribution is 5.68. The van der Waals surface area contributed by atoms with Crippen molar-refractivity contribution in [3.8, 4) is 0 Å². The van der Waals surface area contributed by atoms with E-state index in [1.807, 2.05) is 20.8 Å². The zero-order valence-electron chi connectivity index (χ0n) is 15.7. The van der Waals surface area contributed by atoms with E-state index in [2.05, 4.69) is 18.7 Å². The third-order valence-electron chi connectivity index (χ3n) is 4.18. The van der Waals surface area contributed by atoms with Crippen LogP contribution in [-0.2, 0) is 4.74 Å². The molecule has 5 nitrogen and oxygen atoms in total. The molecule has 136 valence electrons. The van der Waals surface area contributed by atoms with Crippen molar-refractivity contribution in [2.75, 3.05) is 32.7 Å². The van der Waals surface area contributed by atoms with Crippen LogP contribution in [-0.4, -0.2) is 64.9 Å². The first-order valence-corrected chi connectivity index (χ1v) is 9.12. The lowest BCUT2D eigenvalue weighted by Gasteiger charge is -2.27. The largest absolute Gasteiger partial charge is 0.444 e. The summed E-state index contributed by atoms with van der Waals surface area (Å²) in [5, 5.41) is 10.7. The first-order chi connectivity index (χ1) is 10.7. The van der Waals surface area contributed by atoms with Gasteiger partial charge in [-0.15, -0.1) is 0 Å². The Balaban J connectivity index is 2.39. The molecule has 1 atom stereocenters. The van der Waals surface area contributed by atoms with Crippen molar-refractivity contribution >= 4 is 6.09 Å². The van der Waals surface area contributed by atoms with Gasteiger partial charge < -0.3 is 19.6 Å². The number of nitrogens with zero attached hydrogens (tertiary/aromatic N) is 2. The highest BCUT2D eigenvalue weighted by Crippen LogP contribution is 2.27. The van der Waals surface area contributed by atoms with Gasteiger partial charge in [0.2, 0.25) is 0 Å². The van der Waals surface area contributed by atoms with E-state index < -0.39 is 11.2 Å². The van der Waals surface area contributed by atoms with Crippen molar-refractivity contribution < 1.29 is 14.6 Å². The molecule has 1 N–H and O–H groups in total. The number of rotatable bonds is 8. The average Bonchev–Trinajstić information content (AvgIpc) is 2.80. The molecule has 0 aromatic heterocycles. The third-order valence-corrected chi connectivity index (χ3v) is 4.18. The van der Waals surface area contributed by atoms with Crippen molar-refractivity contribution in [1.29, 1.82) is 0 Å². The molecule has 1 unspecified atom stereocenters. The van der Waals surface area contributed by atoms with Crippen molar-refractivity contribution in [1.82, 2.24) is 9.80 Å². The molecule has 1 amide bonds. The van der Waals surface area contributed by atoms with Crippen molar-refractivity contribution in [3.63, 3.8) is 0 Å². The highest BCUT2D eigenvalue weighted by atomic mass is 16.6. The fraction of sp³-hybridized carbons (Fsp3) is 0.944. The topological polar surface area (TPSA) is 53.0 Å². The van der Waals surface area contributed by atoms with Crippen LogP contribution in [0, 0.1) is 0 Å². The van der Waals surface area contributed by atoms with Gasteiger partial charge >= 0.3 is 6.09 Å². The van der Waals surface area contributed by atoms with Crippen LogP contribution in [0.25, 0.3) is 0 Å². The predicted octanol–water partition coefficient (Wildman–Crippen LogP) is 3.26. The Morgan fingerprint density at radius 3 is 2.35 bits per heavy atom. The number of carbonyl (C=O) groups is 1. The monoisotopic (exact) mass is 328 g/mol. The fourth-order valence-electron chi connectivity index (χ4n) is 3.14. The summed E-state index contributed by atoms with van der Waals surface area (Å²) in [4.78, 5) is 16.2. The number of β-amino-alcohol motifs (C(OH)–C–C–N with tert-alkyl or cyclic N) is 1. The highest BCUT2D eigenvalue weighted by Gasteiger charge is 2.39. The molecule has 0 saturated carbocycles. The number of hydrogen-bond acceptors (Lipinski definition) is 4. The number of aliphatic hydroxyl groups is 1. The van der Waals surface area contributed by atoms with E-state index in [1.54, 1.807) is 4.90 Å². The van der Waals surface area contributed by atoms with Crippen molar-refractivity contribution in [3.05, 3.63) is 0 Å². The summed E-state index contributed by atoms with van der Waals surface area (Å²) in [6.45, 7) is 14.2. The van der Waals surface area contributed by atoms with Crippen molar-refractivity contribution in [2.24, 2.45) is 0 Å². The molecule has 0 aliphatic carbocycles. The van der Waals surface area contributed by atoms with E-state index in [0.717, 1.165) is 45.3 Å². The molecule has 0 aromatic rings. The standard InChI is InChI=1S/C18H36N2O3/c1-6-11-19(12-7-2)13-8-9-18(22)10-14-20(15-18)16(21)23-17(3,4)5/h22H,6-15H2,1-5H3. The van der Waals surface area contributed by atoms with Gasteiger partial charge in [-0.3, -0.25) is 0 Å². The Bertz CT molecular complexity index is 362. The lowest BCUT2D eigenvalue weighted by Crippen LogP contribution is -2.39. The quantitative estimate of drug-likeness (QED) is 0.743. The molecular weight excluding hydrogens is 292 g/mol. The summed E-state index contributed by atoms with van der Waals surface area (Å²) >= 11 is 0. The first kappa shape index (κ1) is 20.2. The molecule has 5 heteroatoms. The van der Waals surface area contributed by atoms with Gasteiger partial charge in [-0.05, 0) is 72.5 Å². The summed E-state index contributed by atoms with van der Waals surface area (Å²) in [5.41, 5.74) is -1.24. The second-order valence-corrected chi connectivity index (χ2v) is 7.82. The minimum absolute atomic E-state index is 0.313. The maximum absolute atomic E-state index is 12.1. The van der Waals surface area contributed by atoms with E-state index in [-0.39, 0.29) is 6.09 Å². The molecule has 0 aromatic carbocycles. The second-order valence-electron chi connectivity index (χ2n) is 7.82. The SMILES string of the molecule is CCCN(CCC)CCCC1(O)CCN(C(=O)OC(C)(C)C)C1. The van der Waals surface area contributed by atoms with E-state index in [9.17, 15) is 9.90 Å². The Morgan fingerprint density at radius 2 is 1.83 bits per heavy atom. The molecule has 1 rings (SSSR count). The first-order valence-electron chi connectivity index (χ1n) is 9.12. The Hall–Kier alpha value is -0.810. The lowest BCUT2D eigenvalue weighted by atomic mass is 9.97. The zero-order valence-corrected chi connectivity index (χ0v) is 15.7. The summed E-state index contributed by atoms with van der Waals surface area (Å²) < 4.78 is 5.39. The Morgan fingerprint density at radius 1 is 1.22 bits per heavy atom. The van der Waals surface area contributed by atoms with Gasteiger partial charge in [0.15, 0.2) is 0 Å². The number of ether oxygens (including phenoxy) is 1. The second kappa shape index (κ2) is 8.88. The maximum Gasteiger partial charge on any atom is 0.410 e. The van der Waals surface area contributed by atoms with E-state index >= 15 is 0 Å². The van der Waals surface area contributed by atoms with Crippen LogP contribution in [0.2, 0.25) is 0 Å². The summed E-state index contributed by atoms with van der Waals surface area (Å²) in [6, 6.07) is 0. The molecule has 1 heterocycles. The number of likely N-dealkylation sites (tertiary alicyclic amines) is 1. The summed E-state index contributed by atoms with van der Waals surface area (Å²) in [7, 11) is 0. The van der Waals surface area contributed by atoms with E-state index in [0.29, 0.717) is 19.5 Å². The van der Waals surface area contributed by atoms with Crippen LogP contribution >= 0.6 is 0 Å². The van der Waals surface area contributed by atoms with Crippen LogP contribution in [0.15, 0.2) is 0 Å². The molecule has 0 radical (unpaired) electrons. The lowest BCUT2D eigenvalue weighted by molar-refractivity contribution is 0.0111. The zero-order chi connectivity index (χ0) is 17.5. The fourth-order valence-corrected chi connectivity index (χ4v) is 3.14. The van der Waals surface area contributed by atoms with Gasteiger partial charge in [0.25, 0.3) is 0 Å². The normalized spacial score (nSPS) is 22.0. The van der Waals surface area contributed by atoms with E-state index in [1.165, 1.54) is 0 Å². The van der Waals surface area contributed by atoms with Crippen LogP contribution in [0.3, 0.4) is 0 Å². The minimum Gasteiger partial charge on any atom is -0.444 e. The molecule has 1 aliphatic heterocycles. The molecule has 1 aliphatic rings. The molecular formula is C18H36N2O3. The molecule has 0 spiro atoms. The number of carbonyl (C=O) groups excluding carboxylic acids is 1. The molecule has 1 fully saturated rings. The molecule has 1 saturated heterocycles. The molecule has 23 heavy (non-hydrogen) atoms. The van der Waals surface area contributed by atoms with E-state index in [4.69, 9.17) is 4.74 Å². The third kappa shape index (κ3) is 7.53. The van der Waals surface area contributed by atoms with Crippen LogP contribution in [0.5, 0.6) is 0 Å². The minimum atomic E-state index is -0.749. The molecule has 0 bridgehead atoms. The maximum atomic E-state index is 12.1. The predicted molar refractivity (Wildman–Crippen MR) is 93.6 cm³/mol. The Kier molecular flexibility index (Phi) is 7.81. The Labute approximate surface area is 142 Å². The van der Waals surface area contributed by atoms with Gasteiger partial charge in [0, 0.05) is 6.54 Å². The summed E-state index contributed by atoms with van der Waals surface area (Å²) in [6.07, 6.45) is 4.38. The van der Waals surface area contributed by atoms with Gasteiger partial charge in [-0.25, -0.2) is 4.79 Å². The van der Waals surface area contributed by atoms with Crippen molar-refractivity contribution in [2.45, 2.75) is 77.9 Å². The average molecular weight is 328 g/mol. The van der Waals surface area contributed by atoms with Crippen LogP contribution in [0.4, 0.5) is 4.79 Å². The van der Waals surface area contributed by atoms with Crippen LogP contribution < -0.4 is 0 Å². The number of hydrogen-bond donors (Lipinski definition) is 1. The van der Waals surface area contributed by atoms with Gasteiger partial charge in [0.05, 0.1) is 12.1 Å². The van der Waals surface area contributed by atoms with Gasteiger partial charge in [-0.1, -0.05) is 13.8 Å². The van der Waals surface area contributed by atoms with Gasteiger partial charge in [0.1, 0.15) is 5.60 Å². The summed E-state index contributed by atoms with van der Waals surface area (Å²) in [5.74, 6) is 0. The van der Waals surface area contributed by atoms with Crippen LogP contribution in [0.1, 0.15) is 66.7 Å². The smallest absolute Gasteiger partial charge is 0.410 e.